The van der Waals surface area contributed by atoms with Gasteiger partial charge in [0.05, 0.1) is 7.11 Å². The van der Waals surface area contributed by atoms with Crippen LogP contribution < -0.4 is 5.48 Å². The normalized spacial score (nSPS) is 13.1. The molecule has 1 unspecified atom stereocenters. The third kappa shape index (κ3) is 5.53. The van der Waals surface area contributed by atoms with Crippen molar-refractivity contribution < 1.29 is 4.84 Å². The minimum atomic E-state index is 0.424. The van der Waals surface area contributed by atoms with E-state index >= 15 is 0 Å². The van der Waals surface area contributed by atoms with Gasteiger partial charge in [-0.2, -0.15) is 0 Å². The van der Waals surface area contributed by atoms with E-state index in [2.05, 4.69) is 19.0 Å². The summed E-state index contributed by atoms with van der Waals surface area (Å²) < 4.78 is 0. The minimum absolute atomic E-state index is 0.424. The van der Waals surface area contributed by atoms with Crippen LogP contribution in [0.15, 0.2) is 12.7 Å². The summed E-state index contributed by atoms with van der Waals surface area (Å²) in [5, 5.41) is 0. The Bertz CT molecular complexity index is 73.3. The van der Waals surface area contributed by atoms with E-state index in [9.17, 15) is 0 Å². The monoisotopic (exact) mass is 129 g/mol. The maximum absolute atomic E-state index is 4.72. The van der Waals surface area contributed by atoms with Crippen LogP contribution in [0.2, 0.25) is 0 Å². The first-order valence-electron chi connectivity index (χ1n) is 3.20. The van der Waals surface area contributed by atoms with E-state index in [1.807, 2.05) is 6.08 Å². The molecule has 0 heterocycles. The molecule has 0 aromatic heterocycles. The molecule has 0 saturated carbocycles. The molecule has 0 aliphatic heterocycles. The Morgan fingerprint density at radius 2 is 2.44 bits per heavy atom. The van der Waals surface area contributed by atoms with E-state index in [0.717, 1.165) is 12.8 Å². The smallest absolute Gasteiger partial charge is 0.0572 e. The van der Waals surface area contributed by atoms with Gasteiger partial charge < -0.3 is 4.84 Å². The van der Waals surface area contributed by atoms with Crippen molar-refractivity contribution in [1.29, 1.82) is 0 Å². The molecule has 0 fully saturated rings. The first-order valence-corrected chi connectivity index (χ1v) is 3.20. The zero-order valence-corrected chi connectivity index (χ0v) is 6.18. The quantitative estimate of drug-likeness (QED) is 0.448. The molecule has 0 spiro atoms. The predicted molar refractivity (Wildman–Crippen MR) is 39.0 cm³/mol. The van der Waals surface area contributed by atoms with Gasteiger partial charge in [0, 0.05) is 6.04 Å². The molecule has 1 N–H and O–H groups in total. The first kappa shape index (κ1) is 8.66. The van der Waals surface area contributed by atoms with Gasteiger partial charge in [0.25, 0.3) is 0 Å². The van der Waals surface area contributed by atoms with Gasteiger partial charge in [-0.25, -0.2) is 5.48 Å². The fourth-order valence-electron chi connectivity index (χ4n) is 0.628. The van der Waals surface area contributed by atoms with Gasteiger partial charge in [-0.1, -0.05) is 6.08 Å². The van der Waals surface area contributed by atoms with Crippen molar-refractivity contribution in [2.75, 3.05) is 7.11 Å². The summed E-state index contributed by atoms with van der Waals surface area (Å²) in [6, 6.07) is 0.424. The summed E-state index contributed by atoms with van der Waals surface area (Å²) in [6.45, 7) is 5.70. The fourth-order valence-corrected chi connectivity index (χ4v) is 0.628. The Labute approximate surface area is 56.9 Å². The van der Waals surface area contributed by atoms with Crippen LogP contribution in [0.5, 0.6) is 0 Å². The van der Waals surface area contributed by atoms with Crippen LogP contribution in [0.3, 0.4) is 0 Å². The molecule has 0 bridgehead atoms. The number of nitrogens with one attached hydrogen (secondary N) is 1. The minimum Gasteiger partial charge on any atom is -0.305 e. The Balaban J connectivity index is 3.04. The van der Waals surface area contributed by atoms with Crippen LogP contribution in [0.25, 0.3) is 0 Å². The highest BCUT2D eigenvalue weighted by atomic mass is 16.6. The van der Waals surface area contributed by atoms with Crippen molar-refractivity contribution in [2.45, 2.75) is 25.8 Å². The Morgan fingerprint density at radius 1 is 1.78 bits per heavy atom. The van der Waals surface area contributed by atoms with Crippen molar-refractivity contribution in [3.63, 3.8) is 0 Å². The summed E-state index contributed by atoms with van der Waals surface area (Å²) in [7, 11) is 1.63. The Kier molecular flexibility index (Phi) is 5.57. The lowest BCUT2D eigenvalue weighted by atomic mass is 10.2. The van der Waals surface area contributed by atoms with E-state index in [-0.39, 0.29) is 0 Å². The first-order chi connectivity index (χ1) is 4.31. The van der Waals surface area contributed by atoms with Crippen LogP contribution in [0, 0.1) is 0 Å². The molecule has 1 atom stereocenters. The number of allylic oxidation sites excluding steroid dienone is 1. The van der Waals surface area contributed by atoms with E-state index in [4.69, 9.17) is 4.84 Å². The topological polar surface area (TPSA) is 21.3 Å². The van der Waals surface area contributed by atoms with Gasteiger partial charge >= 0.3 is 0 Å². The van der Waals surface area contributed by atoms with Crippen molar-refractivity contribution in [3.8, 4) is 0 Å². The average Bonchev–Trinajstić information content (AvgIpc) is 1.85. The molecule has 9 heavy (non-hydrogen) atoms. The van der Waals surface area contributed by atoms with Crippen molar-refractivity contribution in [3.05, 3.63) is 12.7 Å². The maximum atomic E-state index is 4.72. The van der Waals surface area contributed by atoms with Crippen LogP contribution in [0.1, 0.15) is 19.8 Å². The summed E-state index contributed by atoms with van der Waals surface area (Å²) >= 11 is 0. The molecule has 0 rings (SSSR count). The molecular formula is C7H15NO. The van der Waals surface area contributed by atoms with Gasteiger partial charge in [-0.15, -0.1) is 6.58 Å². The van der Waals surface area contributed by atoms with E-state index in [0.29, 0.717) is 6.04 Å². The number of hydroxylamine groups is 1. The molecule has 0 saturated heterocycles. The lowest BCUT2D eigenvalue weighted by Crippen LogP contribution is -2.24. The zero-order chi connectivity index (χ0) is 7.11. The van der Waals surface area contributed by atoms with Gasteiger partial charge in [-0.3, -0.25) is 0 Å². The molecular weight excluding hydrogens is 114 g/mol. The molecule has 0 aliphatic carbocycles. The summed E-state index contributed by atoms with van der Waals surface area (Å²) in [4.78, 5) is 4.72. The Hall–Kier alpha value is -0.340. The molecule has 0 radical (unpaired) electrons. The second kappa shape index (κ2) is 5.79. The second-order valence-corrected chi connectivity index (χ2v) is 2.09. The summed E-state index contributed by atoms with van der Waals surface area (Å²) in [5.74, 6) is 0. The zero-order valence-electron chi connectivity index (χ0n) is 6.18. The van der Waals surface area contributed by atoms with Gasteiger partial charge in [-0.05, 0) is 19.8 Å². The predicted octanol–water partition coefficient (Wildman–Crippen LogP) is 1.49. The van der Waals surface area contributed by atoms with Crippen molar-refractivity contribution in [1.82, 2.24) is 5.48 Å². The summed E-state index contributed by atoms with van der Waals surface area (Å²) in [6.07, 6.45) is 4.03. The lowest BCUT2D eigenvalue weighted by molar-refractivity contribution is 0.0639. The van der Waals surface area contributed by atoms with Crippen molar-refractivity contribution in [2.24, 2.45) is 0 Å². The number of rotatable bonds is 5. The number of hydrogen-bond acceptors (Lipinski definition) is 2. The second-order valence-electron chi connectivity index (χ2n) is 2.09. The fraction of sp³-hybridized carbons (Fsp3) is 0.714. The van der Waals surface area contributed by atoms with Gasteiger partial charge in [0.2, 0.25) is 0 Å². The highest BCUT2D eigenvalue weighted by Crippen LogP contribution is 1.95. The van der Waals surface area contributed by atoms with Crippen LogP contribution in [-0.4, -0.2) is 13.2 Å². The molecule has 0 aromatic carbocycles. The van der Waals surface area contributed by atoms with Crippen LogP contribution >= 0.6 is 0 Å². The largest absolute Gasteiger partial charge is 0.305 e. The van der Waals surface area contributed by atoms with Gasteiger partial charge in [0.1, 0.15) is 0 Å². The average molecular weight is 129 g/mol. The van der Waals surface area contributed by atoms with Gasteiger partial charge in [0.15, 0.2) is 0 Å². The van der Waals surface area contributed by atoms with Crippen LogP contribution in [0.4, 0.5) is 0 Å². The molecule has 54 valence electrons. The van der Waals surface area contributed by atoms with E-state index in [1.54, 1.807) is 7.11 Å². The SMILES string of the molecule is C=CCCC(C)NOC. The maximum Gasteiger partial charge on any atom is 0.0572 e. The molecule has 2 heteroatoms. The molecule has 0 aromatic rings. The van der Waals surface area contributed by atoms with Crippen molar-refractivity contribution >= 4 is 0 Å². The third-order valence-electron chi connectivity index (χ3n) is 1.12. The molecule has 0 amide bonds. The molecule has 2 nitrogen and oxygen atoms in total. The highest BCUT2D eigenvalue weighted by Gasteiger charge is 1.95. The Morgan fingerprint density at radius 3 is 2.89 bits per heavy atom. The van der Waals surface area contributed by atoms with E-state index < -0.39 is 0 Å². The number of hydrogen-bond donors (Lipinski definition) is 1. The van der Waals surface area contributed by atoms with Crippen LogP contribution in [-0.2, 0) is 4.84 Å². The summed E-state index contributed by atoms with van der Waals surface area (Å²) in [5.41, 5.74) is 2.83. The standard InChI is InChI=1S/C7H15NO/c1-4-5-6-7(2)8-9-3/h4,7-8H,1,5-6H2,2-3H3. The van der Waals surface area contributed by atoms with E-state index in [1.165, 1.54) is 0 Å². The highest BCUT2D eigenvalue weighted by molar-refractivity contribution is 4.68. The molecule has 0 aliphatic rings. The third-order valence-corrected chi connectivity index (χ3v) is 1.12. The lowest BCUT2D eigenvalue weighted by Gasteiger charge is -2.08.